The summed E-state index contributed by atoms with van der Waals surface area (Å²) in [5, 5.41) is 6.92. The Kier molecular flexibility index (Phi) is 5.08. The van der Waals surface area contributed by atoms with E-state index in [2.05, 4.69) is 30.3 Å². The zero-order valence-corrected chi connectivity index (χ0v) is 14.0. The van der Waals surface area contributed by atoms with Crippen molar-refractivity contribution in [3.05, 3.63) is 52.7 Å². The molecule has 0 aliphatic carbocycles. The fraction of sp³-hybridized carbons (Fsp3) is 0.312. The number of aromatic nitrogens is 4. The van der Waals surface area contributed by atoms with E-state index in [-0.39, 0.29) is 12.2 Å². The second-order valence-corrected chi connectivity index (χ2v) is 5.26. The predicted octanol–water partition coefficient (Wildman–Crippen LogP) is 3.94. The highest BCUT2D eigenvalue weighted by molar-refractivity contribution is 5.84. The highest BCUT2D eigenvalue weighted by atomic mass is 16.5. The molecule has 3 aromatic rings. The van der Waals surface area contributed by atoms with Crippen LogP contribution in [-0.2, 0) is 11.3 Å². The Labute approximate surface area is 144 Å². The molecule has 3 rings (SSSR count). The molecular formula is C16H18N8O. The monoisotopic (exact) mass is 338 g/mol. The molecular weight excluding hydrogens is 320 g/mol. The Morgan fingerprint density at radius 1 is 1.32 bits per heavy atom. The molecule has 9 nitrogen and oxygen atoms in total. The van der Waals surface area contributed by atoms with Gasteiger partial charge in [-0.3, -0.25) is 4.57 Å². The summed E-state index contributed by atoms with van der Waals surface area (Å²) >= 11 is 0. The minimum atomic E-state index is -0.368. The maximum absolute atomic E-state index is 8.81. The molecule has 0 bridgehead atoms. The maximum atomic E-state index is 8.81. The molecule has 0 fully saturated rings. The first-order valence-electron chi connectivity index (χ1n) is 7.92. The summed E-state index contributed by atoms with van der Waals surface area (Å²) in [4.78, 5) is 15.8. The number of azide groups is 1. The van der Waals surface area contributed by atoms with Gasteiger partial charge in [-0.15, -0.1) is 0 Å². The van der Waals surface area contributed by atoms with Gasteiger partial charge in [0.1, 0.15) is 12.6 Å². The van der Waals surface area contributed by atoms with Gasteiger partial charge in [0.05, 0.1) is 0 Å². The largest absolute Gasteiger partial charge is 0.364 e. The van der Waals surface area contributed by atoms with Crippen LogP contribution in [0, 0.1) is 0 Å². The van der Waals surface area contributed by atoms with Crippen LogP contribution in [0.3, 0.4) is 0 Å². The highest BCUT2D eigenvalue weighted by Gasteiger charge is 2.19. The Hall–Kier alpha value is -3.16. The van der Waals surface area contributed by atoms with Gasteiger partial charge < -0.3 is 10.1 Å². The van der Waals surface area contributed by atoms with Gasteiger partial charge in [-0.2, -0.15) is 0 Å². The average molecular weight is 338 g/mol. The number of ether oxygens (including phenoxy) is 1. The lowest BCUT2D eigenvalue weighted by Gasteiger charge is -2.15. The number of hydrogen-bond acceptors (Lipinski definition) is 6. The quantitative estimate of drug-likeness (QED) is 0.398. The maximum Gasteiger partial charge on any atom is 0.201 e. The topological polar surface area (TPSA) is 114 Å². The Bertz CT molecular complexity index is 901. The molecule has 0 aliphatic rings. The third-order valence-corrected chi connectivity index (χ3v) is 3.67. The van der Waals surface area contributed by atoms with Crippen molar-refractivity contribution in [2.45, 2.75) is 26.6 Å². The summed E-state index contributed by atoms with van der Waals surface area (Å²) in [6.45, 7) is 4.85. The van der Waals surface area contributed by atoms with Crippen LogP contribution in [0.15, 0.2) is 41.8 Å². The van der Waals surface area contributed by atoms with Gasteiger partial charge in [-0.05, 0) is 30.1 Å². The summed E-state index contributed by atoms with van der Waals surface area (Å²) in [5.74, 6) is 0.771. The summed E-state index contributed by atoms with van der Waals surface area (Å²) in [7, 11) is 0. The summed E-state index contributed by atoms with van der Waals surface area (Å²) < 4.78 is 7.27. The second kappa shape index (κ2) is 7.61. The van der Waals surface area contributed by atoms with Crippen molar-refractivity contribution in [1.29, 1.82) is 0 Å². The number of fused-ring (bicyclic) bond motifs is 1. The van der Waals surface area contributed by atoms with Gasteiger partial charge in [-0.25, -0.2) is 15.0 Å². The van der Waals surface area contributed by atoms with Crippen molar-refractivity contribution in [1.82, 2.24) is 19.5 Å². The van der Waals surface area contributed by atoms with E-state index in [4.69, 9.17) is 10.3 Å². The Morgan fingerprint density at radius 3 is 2.84 bits per heavy atom. The number of benzene rings is 1. The number of rotatable bonds is 7. The van der Waals surface area contributed by atoms with Crippen LogP contribution in [0.5, 0.6) is 0 Å². The standard InChI is InChI=1S/C16H18N8O/c1-3-25-11(2)24-15-13(21-16(24)22-23-17)14(19-10-20-15)18-9-12-7-5-4-6-8-12/h4-8,10-11H,3,9H2,1-2H3,(H,18,19,20). The molecule has 0 radical (unpaired) electrons. The summed E-state index contributed by atoms with van der Waals surface area (Å²) in [5.41, 5.74) is 11.0. The van der Waals surface area contributed by atoms with Crippen LogP contribution in [0.25, 0.3) is 21.6 Å². The molecule has 0 saturated carbocycles. The third-order valence-electron chi connectivity index (χ3n) is 3.67. The van der Waals surface area contributed by atoms with Crippen molar-refractivity contribution in [2.24, 2.45) is 5.11 Å². The molecule has 1 unspecified atom stereocenters. The van der Waals surface area contributed by atoms with E-state index in [0.29, 0.717) is 30.1 Å². The van der Waals surface area contributed by atoms with E-state index in [1.54, 1.807) is 4.57 Å². The SMILES string of the molecule is CCOC(C)n1c(N=[N+]=[N-])nc2c(NCc3ccccc3)ncnc21. The smallest absolute Gasteiger partial charge is 0.201 e. The van der Waals surface area contributed by atoms with Gasteiger partial charge in [0.2, 0.25) is 5.95 Å². The van der Waals surface area contributed by atoms with E-state index in [1.807, 2.05) is 44.2 Å². The van der Waals surface area contributed by atoms with Crippen molar-refractivity contribution < 1.29 is 4.74 Å². The predicted molar refractivity (Wildman–Crippen MR) is 94.2 cm³/mol. The van der Waals surface area contributed by atoms with E-state index in [0.717, 1.165) is 5.56 Å². The van der Waals surface area contributed by atoms with E-state index < -0.39 is 0 Å². The zero-order chi connectivity index (χ0) is 17.6. The Morgan fingerprint density at radius 2 is 2.12 bits per heavy atom. The minimum absolute atomic E-state index is 0.196. The van der Waals surface area contributed by atoms with Crippen molar-refractivity contribution >= 4 is 22.9 Å². The molecule has 1 aromatic carbocycles. The zero-order valence-electron chi connectivity index (χ0n) is 14.0. The molecule has 0 saturated heterocycles. The molecule has 1 atom stereocenters. The van der Waals surface area contributed by atoms with Gasteiger partial charge in [0.25, 0.3) is 0 Å². The van der Waals surface area contributed by atoms with E-state index in [9.17, 15) is 0 Å². The van der Waals surface area contributed by atoms with Crippen molar-refractivity contribution in [3.8, 4) is 0 Å². The minimum Gasteiger partial charge on any atom is -0.364 e. The second-order valence-electron chi connectivity index (χ2n) is 5.26. The molecule has 25 heavy (non-hydrogen) atoms. The molecule has 1 N–H and O–H groups in total. The van der Waals surface area contributed by atoms with Crippen LogP contribution >= 0.6 is 0 Å². The lowest BCUT2D eigenvalue weighted by Crippen LogP contribution is -2.10. The number of anilines is 1. The number of imidazole rings is 1. The van der Waals surface area contributed by atoms with Crippen molar-refractivity contribution in [3.63, 3.8) is 0 Å². The van der Waals surface area contributed by atoms with E-state index in [1.165, 1.54) is 6.33 Å². The molecule has 0 aliphatic heterocycles. The van der Waals surface area contributed by atoms with Gasteiger partial charge in [0, 0.05) is 18.1 Å². The number of nitrogens with one attached hydrogen (secondary N) is 1. The van der Waals surface area contributed by atoms with Gasteiger partial charge in [-0.1, -0.05) is 30.3 Å². The summed E-state index contributed by atoms with van der Waals surface area (Å²) in [6.07, 6.45) is 1.08. The van der Waals surface area contributed by atoms with Crippen LogP contribution in [-0.4, -0.2) is 26.1 Å². The molecule has 2 aromatic heterocycles. The van der Waals surface area contributed by atoms with Crippen molar-refractivity contribution in [2.75, 3.05) is 11.9 Å². The van der Waals surface area contributed by atoms with Crippen LogP contribution in [0.2, 0.25) is 0 Å². The van der Waals surface area contributed by atoms with Crippen LogP contribution in [0.1, 0.15) is 25.6 Å². The molecule has 9 heteroatoms. The molecule has 128 valence electrons. The average Bonchev–Trinajstić information content (AvgIpc) is 3.00. The van der Waals surface area contributed by atoms with E-state index >= 15 is 0 Å². The van der Waals surface area contributed by atoms with Crippen LogP contribution < -0.4 is 5.32 Å². The lowest BCUT2D eigenvalue weighted by molar-refractivity contribution is 0.0285. The molecule has 0 spiro atoms. The molecule has 0 amide bonds. The van der Waals surface area contributed by atoms with Gasteiger partial charge >= 0.3 is 0 Å². The highest BCUT2D eigenvalue weighted by Crippen LogP contribution is 2.29. The molecule has 2 heterocycles. The summed E-state index contributed by atoms with van der Waals surface area (Å²) in [6, 6.07) is 9.96. The number of nitrogens with zero attached hydrogens (tertiary/aromatic N) is 7. The Balaban J connectivity index is 2.00. The fourth-order valence-electron chi connectivity index (χ4n) is 2.57. The first-order chi connectivity index (χ1) is 12.2. The third kappa shape index (κ3) is 3.52. The lowest BCUT2D eigenvalue weighted by atomic mass is 10.2. The normalized spacial score (nSPS) is 11.9. The number of hydrogen-bond donors (Lipinski definition) is 1. The van der Waals surface area contributed by atoms with Gasteiger partial charge in [0.15, 0.2) is 17.0 Å². The first kappa shape index (κ1) is 16.7. The first-order valence-corrected chi connectivity index (χ1v) is 7.92. The fourth-order valence-corrected chi connectivity index (χ4v) is 2.57. The van der Waals surface area contributed by atoms with Crippen LogP contribution in [0.4, 0.5) is 11.8 Å².